The minimum absolute atomic E-state index is 0.0269. The van der Waals surface area contributed by atoms with Crippen LogP contribution in [0.5, 0.6) is 0 Å². The average molecular weight is 281 g/mol. The van der Waals surface area contributed by atoms with Gasteiger partial charge in [-0.2, -0.15) is 5.16 Å². The molecular formula is C14H23N3O3. The van der Waals surface area contributed by atoms with Crippen LogP contribution in [0.15, 0.2) is 26.2 Å². The average Bonchev–Trinajstić information content (AvgIpc) is 2.85. The van der Waals surface area contributed by atoms with Crippen LogP contribution in [0.3, 0.4) is 0 Å². The molecule has 0 amide bonds. The predicted octanol–water partition coefficient (Wildman–Crippen LogP) is 2.27. The second-order valence-electron chi connectivity index (χ2n) is 6.75. The van der Waals surface area contributed by atoms with Crippen molar-refractivity contribution in [3.05, 3.63) is 44.3 Å². The van der Waals surface area contributed by atoms with E-state index in [-0.39, 0.29) is 21.9 Å². The normalized spacial score (nSPS) is 11.9. The van der Waals surface area contributed by atoms with Crippen LogP contribution in [-0.4, -0.2) is 15.4 Å². The minimum Gasteiger partial charge on any atom is -0.383 e. The van der Waals surface area contributed by atoms with Gasteiger partial charge < -0.3 is 9.62 Å². The molecule has 2 heterocycles. The van der Waals surface area contributed by atoms with Crippen LogP contribution in [0.1, 0.15) is 53.0 Å². The topological polar surface area (TPSA) is 94.6 Å². The van der Waals surface area contributed by atoms with Crippen molar-refractivity contribution >= 4 is 0 Å². The van der Waals surface area contributed by atoms with E-state index in [1.54, 1.807) is 6.07 Å². The molecule has 20 heavy (non-hydrogen) atoms. The van der Waals surface area contributed by atoms with E-state index in [0.29, 0.717) is 5.76 Å². The summed E-state index contributed by atoms with van der Waals surface area (Å²) in [6.07, 6.45) is 0. The van der Waals surface area contributed by atoms with Gasteiger partial charge in [-0.1, -0.05) is 41.5 Å². The van der Waals surface area contributed by atoms with Crippen molar-refractivity contribution in [3.8, 4) is 0 Å². The summed E-state index contributed by atoms with van der Waals surface area (Å²) in [5.41, 5.74) is 0.644. The first kappa shape index (κ1) is 16.1. The number of hydrogen-bond acceptors (Lipinski definition) is 3. The minimum atomic E-state index is -0.176. The lowest BCUT2D eigenvalue weighted by Gasteiger charge is -2.14. The van der Waals surface area contributed by atoms with Gasteiger partial charge in [0.1, 0.15) is 5.76 Å². The molecule has 0 saturated carbocycles. The maximum Gasteiger partial charge on any atom is 0.280 e. The van der Waals surface area contributed by atoms with Gasteiger partial charge >= 0.3 is 0 Å². The van der Waals surface area contributed by atoms with E-state index in [2.05, 4.69) is 15.4 Å². The maximum absolute atomic E-state index is 10.7. The maximum atomic E-state index is 10.7. The Hall–Kier alpha value is -1.98. The zero-order chi connectivity index (χ0) is 15.6. The highest BCUT2D eigenvalue weighted by Crippen LogP contribution is 2.19. The molecule has 2 rings (SSSR count). The zero-order valence-electron chi connectivity index (χ0n) is 12.9. The summed E-state index contributed by atoms with van der Waals surface area (Å²) < 4.78 is 4.89. The molecule has 2 aromatic heterocycles. The van der Waals surface area contributed by atoms with Crippen LogP contribution < -0.4 is 11.1 Å². The van der Waals surface area contributed by atoms with E-state index >= 15 is 0 Å². The molecule has 0 aromatic carbocycles. The third-order valence-electron chi connectivity index (χ3n) is 2.67. The molecule has 0 aliphatic rings. The first-order chi connectivity index (χ1) is 9.00. The molecule has 0 bridgehead atoms. The number of H-pyrrole nitrogens is 3. The summed E-state index contributed by atoms with van der Waals surface area (Å²) >= 11 is 0. The molecular weight excluding hydrogens is 258 g/mol. The van der Waals surface area contributed by atoms with Gasteiger partial charge in [0.15, 0.2) is 0 Å². The summed E-state index contributed by atoms with van der Waals surface area (Å²) in [5.74, 6) is 0.692. The predicted molar refractivity (Wildman–Crippen MR) is 78.1 cm³/mol. The summed E-state index contributed by atoms with van der Waals surface area (Å²) in [7, 11) is 0. The van der Waals surface area contributed by atoms with Gasteiger partial charge in [0.05, 0.1) is 0 Å². The monoisotopic (exact) mass is 281 g/mol. The van der Waals surface area contributed by atoms with E-state index in [4.69, 9.17) is 4.52 Å². The van der Waals surface area contributed by atoms with Crippen molar-refractivity contribution in [2.24, 2.45) is 0 Å². The Labute approximate surface area is 117 Å². The first-order valence-corrected chi connectivity index (χ1v) is 6.47. The third-order valence-corrected chi connectivity index (χ3v) is 2.67. The molecule has 0 saturated heterocycles. The van der Waals surface area contributed by atoms with Gasteiger partial charge in [0.25, 0.3) is 11.1 Å². The first-order valence-electron chi connectivity index (χ1n) is 6.47. The fourth-order valence-corrected chi connectivity index (χ4v) is 1.39. The van der Waals surface area contributed by atoms with Crippen molar-refractivity contribution in [3.63, 3.8) is 0 Å². The molecule has 0 atom stereocenters. The SMILES string of the molecule is CC(C)(C)c1cc(=O)[nH][nH]1.CC(C)(C)c1cc(=O)[nH]o1. The van der Waals surface area contributed by atoms with Gasteiger partial charge in [-0.3, -0.25) is 14.7 Å². The molecule has 3 N–H and O–H groups in total. The van der Waals surface area contributed by atoms with Crippen LogP contribution in [0.4, 0.5) is 0 Å². The molecule has 0 fully saturated rings. The van der Waals surface area contributed by atoms with Gasteiger partial charge in [-0.15, -0.1) is 0 Å². The number of aromatic nitrogens is 3. The summed E-state index contributed by atoms with van der Waals surface area (Å²) in [6.45, 7) is 12.1. The Kier molecular flexibility index (Phi) is 4.47. The number of hydrogen-bond donors (Lipinski definition) is 3. The Morgan fingerprint density at radius 2 is 1.45 bits per heavy atom. The number of aromatic amines is 3. The van der Waals surface area contributed by atoms with Crippen molar-refractivity contribution in [2.45, 2.75) is 52.4 Å². The van der Waals surface area contributed by atoms with E-state index in [9.17, 15) is 9.59 Å². The summed E-state index contributed by atoms with van der Waals surface area (Å²) in [5, 5.41) is 7.55. The van der Waals surface area contributed by atoms with Gasteiger partial charge in [-0.05, 0) is 0 Å². The molecule has 6 nitrogen and oxygen atoms in total. The van der Waals surface area contributed by atoms with Gasteiger partial charge in [0, 0.05) is 28.7 Å². The fourth-order valence-electron chi connectivity index (χ4n) is 1.39. The standard InChI is InChI=1S/C7H12N2O.C7H11NO2/c1-7(2,3)5-4-6(10)9-8-5;1-7(2,3)5-4-6(9)8-10-5/h4H,1-3H3,(H2,8,9,10);4H,1-3H3,(H,8,9). The lowest BCUT2D eigenvalue weighted by atomic mass is 9.93. The van der Waals surface area contributed by atoms with Crippen LogP contribution in [0, 0.1) is 0 Å². The highest BCUT2D eigenvalue weighted by atomic mass is 16.5. The van der Waals surface area contributed by atoms with E-state index in [0.717, 1.165) is 5.69 Å². The Morgan fingerprint density at radius 1 is 0.850 bits per heavy atom. The van der Waals surface area contributed by atoms with Crippen molar-refractivity contribution in [2.75, 3.05) is 0 Å². The molecule has 0 aliphatic heterocycles. The quantitative estimate of drug-likeness (QED) is 0.691. The van der Waals surface area contributed by atoms with Crippen molar-refractivity contribution in [1.29, 1.82) is 0 Å². The lowest BCUT2D eigenvalue weighted by Crippen LogP contribution is -2.11. The van der Waals surface area contributed by atoms with Crippen LogP contribution >= 0.6 is 0 Å². The number of rotatable bonds is 0. The zero-order valence-corrected chi connectivity index (χ0v) is 12.9. The lowest BCUT2D eigenvalue weighted by molar-refractivity contribution is 0.326. The summed E-state index contributed by atoms with van der Waals surface area (Å²) in [6, 6.07) is 3.06. The van der Waals surface area contributed by atoms with E-state index < -0.39 is 0 Å². The third kappa shape index (κ3) is 4.60. The second-order valence-corrected chi connectivity index (χ2v) is 6.75. The molecule has 0 unspecified atom stereocenters. The number of nitrogens with one attached hydrogen (secondary N) is 3. The smallest absolute Gasteiger partial charge is 0.280 e. The highest BCUT2D eigenvalue weighted by molar-refractivity contribution is 5.09. The van der Waals surface area contributed by atoms with Crippen LogP contribution in [0.25, 0.3) is 0 Å². The Morgan fingerprint density at radius 3 is 1.65 bits per heavy atom. The van der Waals surface area contributed by atoms with E-state index in [1.165, 1.54) is 6.07 Å². The highest BCUT2D eigenvalue weighted by Gasteiger charge is 2.18. The van der Waals surface area contributed by atoms with Gasteiger partial charge in [0.2, 0.25) is 0 Å². The van der Waals surface area contributed by atoms with Gasteiger partial charge in [-0.25, -0.2) is 0 Å². The Bertz CT molecular complexity index is 586. The fraction of sp³-hybridized carbons (Fsp3) is 0.571. The van der Waals surface area contributed by atoms with E-state index in [1.807, 2.05) is 41.5 Å². The largest absolute Gasteiger partial charge is 0.383 e. The molecule has 0 aliphatic carbocycles. The Balaban J connectivity index is 0.000000200. The molecule has 0 spiro atoms. The molecule has 2 aromatic rings. The molecule has 112 valence electrons. The van der Waals surface area contributed by atoms with Crippen LogP contribution in [-0.2, 0) is 10.8 Å². The second kappa shape index (κ2) is 5.56. The van der Waals surface area contributed by atoms with Crippen molar-refractivity contribution < 1.29 is 4.52 Å². The molecule has 0 radical (unpaired) electrons. The van der Waals surface area contributed by atoms with Crippen LogP contribution in [0.2, 0.25) is 0 Å². The van der Waals surface area contributed by atoms with Crippen molar-refractivity contribution in [1.82, 2.24) is 15.4 Å². The molecule has 6 heteroatoms. The summed E-state index contributed by atoms with van der Waals surface area (Å²) in [4.78, 5) is 21.2.